The molecule has 0 amide bonds. The molecule has 1 aromatic rings. The summed E-state index contributed by atoms with van der Waals surface area (Å²) in [7, 11) is 1.35. The minimum atomic E-state index is -1.20. The lowest BCUT2D eigenvalue weighted by Gasteiger charge is -2.19. The molecule has 0 aliphatic carbocycles. The van der Waals surface area contributed by atoms with Crippen LogP contribution in [0.2, 0.25) is 0 Å². The van der Waals surface area contributed by atoms with Gasteiger partial charge in [0.2, 0.25) is 0 Å². The summed E-state index contributed by atoms with van der Waals surface area (Å²) in [6, 6.07) is 3.54. The maximum atomic E-state index is 11.1. The first-order valence-electron chi connectivity index (χ1n) is 7.27. The molecular formula is C15H25N3O4. The lowest BCUT2D eigenvalue weighted by molar-refractivity contribution is -0.140. The van der Waals surface area contributed by atoms with Crippen LogP contribution in [0.4, 0.5) is 0 Å². The number of methoxy groups -OCH3 is 1. The minimum absolute atomic E-state index is 0.132. The largest absolute Gasteiger partial charge is 0.469 e. The molecule has 1 atom stereocenters. The Hall–Kier alpha value is -2.02. The number of aliphatic imine (C=N–C) groups is 1. The molecule has 0 saturated carbocycles. The van der Waals surface area contributed by atoms with Crippen LogP contribution in [0.25, 0.3) is 0 Å². The number of esters is 1. The molecule has 0 aliphatic heterocycles. The molecule has 22 heavy (non-hydrogen) atoms. The van der Waals surface area contributed by atoms with Gasteiger partial charge in [0.05, 0.1) is 20.1 Å². The van der Waals surface area contributed by atoms with E-state index in [1.54, 1.807) is 19.1 Å². The molecule has 0 aromatic carbocycles. The van der Waals surface area contributed by atoms with Crippen LogP contribution in [0.3, 0.4) is 0 Å². The van der Waals surface area contributed by atoms with Crippen LogP contribution in [0.15, 0.2) is 21.5 Å². The molecule has 7 nitrogen and oxygen atoms in total. The van der Waals surface area contributed by atoms with Crippen LogP contribution in [-0.2, 0) is 15.1 Å². The number of hydrogen-bond donors (Lipinski definition) is 3. The predicted octanol–water partition coefficient (Wildman–Crippen LogP) is 0.914. The van der Waals surface area contributed by atoms with Crippen LogP contribution >= 0.6 is 0 Å². The third-order valence-corrected chi connectivity index (χ3v) is 3.01. The van der Waals surface area contributed by atoms with Gasteiger partial charge in [0.1, 0.15) is 17.1 Å². The van der Waals surface area contributed by atoms with E-state index in [1.165, 1.54) is 7.11 Å². The number of rotatable bonds is 7. The Labute approximate surface area is 130 Å². The number of carbonyl (C=O) groups excluding carboxylic acids is 1. The summed E-state index contributed by atoms with van der Waals surface area (Å²) >= 11 is 0. The molecule has 3 N–H and O–H groups in total. The normalized spacial score (nSPS) is 14.3. The quantitative estimate of drug-likeness (QED) is 0.393. The summed E-state index contributed by atoms with van der Waals surface area (Å²) < 4.78 is 10.0. The van der Waals surface area contributed by atoms with Crippen LogP contribution in [0, 0.1) is 6.92 Å². The Bertz CT molecular complexity index is 509. The first-order valence-corrected chi connectivity index (χ1v) is 7.27. The lowest BCUT2D eigenvalue weighted by Crippen LogP contribution is -2.39. The molecule has 0 fully saturated rings. The molecule has 0 saturated heterocycles. The second kappa shape index (κ2) is 8.43. The van der Waals surface area contributed by atoms with Gasteiger partial charge in [0.25, 0.3) is 0 Å². The van der Waals surface area contributed by atoms with Gasteiger partial charge in [-0.2, -0.15) is 0 Å². The molecule has 0 spiro atoms. The van der Waals surface area contributed by atoms with E-state index in [2.05, 4.69) is 20.4 Å². The summed E-state index contributed by atoms with van der Waals surface area (Å²) in [6.07, 6.45) is 0.245. The fraction of sp³-hybridized carbons (Fsp3) is 0.600. The summed E-state index contributed by atoms with van der Waals surface area (Å²) in [5, 5.41) is 16.5. The third-order valence-electron chi connectivity index (χ3n) is 3.01. The maximum Gasteiger partial charge on any atom is 0.307 e. The van der Waals surface area contributed by atoms with Crippen molar-refractivity contribution in [1.82, 2.24) is 10.6 Å². The minimum Gasteiger partial charge on any atom is -0.469 e. The molecule has 0 radical (unpaired) electrons. The van der Waals surface area contributed by atoms with Crippen LogP contribution in [-0.4, -0.2) is 43.8 Å². The van der Waals surface area contributed by atoms with E-state index in [0.29, 0.717) is 24.8 Å². The third kappa shape index (κ3) is 5.77. The van der Waals surface area contributed by atoms with E-state index < -0.39 is 5.60 Å². The fourth-order valence-electron chi connectivity index (χ4n) is 1.76. The molecule has 0 bridgehead atoms. The van der Waals surface area contributed by atoms with Gasteiger partial charge >= 0.3 is 5.97 Å². The highest BCUT2D eigenvalue weighted by Gasteiger charge is 2.26. The first-order chi connectivity index (χ1) is 10.4. The van der Waals surface area contributed by atoms with Gasteiger partial charge in [-0.15, -0.1) is 0 Å². The van der Waals surface area contributed by atoms with Crippen LogP contribution in [0.5, 0.6) is 0 Å². The highest BCUT2D eigenvalue weighted by Crippen LogP contribution is 2.22. The van der Waals surface area contributed by atoms with E-state index in [-0.39, 0.29) is 18.9 Å². The van der Waals surface area contributed by atoms with E-state index in [1.807, 2.05) is 13.8 Å². The molecular weight excluding hydrogens is 286 g/mol. The van der Waals surface area contributed by atoms with Crippen molar-refractivity contribution < 1.29 is 19.1 Å². The average Bonchev–Trinajstić information content (AvgIpc) is 2.92. The second-order valence-electron chi connectivity index (χ2n) is 5.13. The SMILES string of the molecule is CCNC(=NCC(C)(O)c1ccc(C)o1)NCCC(=O)OC. The Balaban J connectivity index is 2.62. The standard InChI is InChI=1S/C15H25N3O4/c1-5-16-14(17-9-8-13(19)21-4)18-10-15(3,20)12-7-6-11(2)22-12/h6-7,20H,5,8-10H2,1-4H3,(H2,16,17,18). The zero-order chi connectivity index (χ0) is 16.6. The van der Waals surface area contributed by atoms with Crippen molar-refractivity contribution >= 4 is 11.9 Å². The molecule has 1 heterocycles. The Kier molecular flexibility index (Phi) is 6.91. The molecule has 124 valence electrons. The Morgan fingerprint density at radius 1 is 1.45 bits per heavy atom. The van der Waals surface area contributed by atoms with Crippen molar-refractivity contribution in [1.29, 1.82) is 0 Å². The summed E-state index contributed by atoms with van der Waals surface area (Å²) in [6.45, 7) is 6.61. The maximum absolute atomic E-state index is 11.1. The van der Waals surface area contributed by atoms with Crippen molar-refractivity contribution in [2.24, 2.45) is 4.99 Å². The molecule has 1 aromatic heterocycles. The van der Waals surface area contributed by atoms with E-state index in [0.717, 1.165) is 5.76 Å². The smallest absolute Gasteiger partial charge is 0.307 e. The number of furan rings is 1. The van der Waals surface area contributed by atoms with Crippen LogP contribution < -0.4 is 10.6 Å². The first kappa shape index (κ1) is 18.0. The summed E-state index contributed by atoms with van der Waals surface area (Å²) in [5.41, 5.74) is -1.20. The molecule has 1 rings (SSSR count). The number of ether oxygens (including phenoxy) is 1. The number of nitrogens with one attached hydrogen (secondary N) is 2. The predicted molar refractivity (Wildman–Crippen MR) is 83.6 cm³/mol. The van der Waals surface area contributed by atoms with Gasteiger partial charge in [-0.25, -0.2) is 4.99 Å². The zero-order valence-corrected chi connectivity index (χ0v) is 13.6. The summed E-state index contributed by atoms with van der Waals surface area (Å²) in [4.78, 5) is 15.4. The van der Waals surface area contributed by atoms with Gasteiger partial charge in [-0.05, 0) is 32.9 Å². The van der Waals surface area contributed by atoms with Gasteiger partial charge in [0, 0.05) is 13.1 Å². The second-order valence-corrected chi connectivity index (χ2v) is 5.13. The zero-order valence-electron chi connectivity index (χ0n) is 13.6. The van der Waals surface area contributed by atoms with Gasteiger partial charge in [-0.1, -0.05) is 0 Å². The lowest BCUT2D eigenvalue weighted by atomic mass is 10.0. The van der Waals surface area contributed by atoms with E-state index in [4.69, 9.17) is 4.42 Å². The topological polar surface area (TPSA) is 96.1 Å². The van der Waals surface area contributed by atoms with Gasteiger partial charge in [0.15, 0.2) is 5.96 Å². The van der Waals surface area contributed by atoms with E-state index >= 15 is 0 Å². The highest BCUT2D eigenvalue weighted by atomic mass is 16.5. The number of guanidine groups is 1. The molecule has 0 aliphatic rings. The van der Waals surface area contributed by atoms with Crippen molar-refractivity contribution in [2.75, 3.05) is 26.7 Å². The van der Waals surface area contributed by atoms with Crippen molar-refractivity contribution in [3.05, 3.63) is 23.7 Å². The average molecular weight is 311 g/mol. The van der Waals surface area contributed by atoms with Gasteiger partial charge < -0.3 is 24.9 Å². The van der Waals surface area contributed by atoms with Crippen molar-refractivity contribution in [3.63, 3.8) is 0 Å². The van der Waals surface area contributed by atoms with Crippen molar-refractivity contribution in [3.8, 4) is 0 Å². The van der Waals surface area contributed by atoms with Crippen molar-refractivity contribution in [2.45, 2.75) is 32.8 Å². The number of hydrogen-bond acceptors (Lipinski definition) is 5. The number of aliphatic hydroxyl groups is 1. The number of nitrogens with zero attached hydrogens (tertiary/aromatic N) is 1. The van der Waals surface area contributed by atoms with Crippen LogP contribution in [0.1, 0.15) is 31.8 Å². The summed E-state index contributed by atoms with van der Waals surface area (Å²) in [5.74, 6) is 1.44. The fourth-order valence-corrected chi connectivity index (χ4v) is 1.76. The number of aryl methyl sites for hydroxylation is 1. The number of carbonyl (C=O) groups is 1. The van der Waals surface area contributed by atoms with Gasteiger partial charge in [-0.3, -0.25) is 4.79 Å². The molecule has 7 heteroatoms. The monoisotopic (exact) mass is 311 g/mol. The van der Waals surface area contributed by atoms with E-state index in [9.17, 15) is 9.90 Å². The Morgan fingerprint density at radius 3 is 2.73 bits per heavy atom. The molecule has 1 unspecified atom stereocenters. The Morgan fingerprint density at radius 2 is 2.18 bits per heavy atom. The highest BCUT2D eigenvalue weighted by molar-refractivity contribution is 5.80.